The molecule has 0 saturated heterocycles. The molecule has 0 aromatic carbocycles. The van der Waals surface area contributed by atoms with Gasteiger partial charge in [0.25, 0.3) is 0 Å². The van der Waals surface area contributed by atoms with Crippen molar-refractivity contribution in [2.45, 2.75) is 43.0 Å². The molecule has 1 aromatic heterocycles. The molecule has 1 saturated carbocycles. The molecular formula is C10H17N5O2S. The van der Waals surface area contributed by atoms with Crippen LogP contribution in [0.15, 0.2) is 17.3 Å². The van der Waals surface area contributed by atoms with Crippen LogP contribution < -0.4 is 16.0 Å². The number of nitrogens with two attached hydrogens (primary N) is 1. The van der Waals surface area contributed by atoms with E-state index >= 15 is 0 Å². The molecule has 100 valence electrons. The molecule has 1 aromatic rings. The molecule has 0 atom stereocenters. The van der Waals surface area contributed by atoms with Crippen molar-refractivity contribution in [3.05, 3.63) is 12.4 Å². The fourth-order valence-corrected chi connectivity index (χ4v) is 3.42. The Morgan fingerprint density at radius 3 is 2.39 bits per heavy atom. The average Bonchev–Trinajstić information content (AvgIpc) is 2.34. The zero-order chi connectivity index (χ0) is 13.2. The van der Waals surface area contributed by atoms with Gasteiger partial charge in [0.1, 0.15) is 4.90 Å². The van der Waals surface area contributed by atoms with Crippen molar-refractivity contribution in [1.29, 1.82) is 0 Å². The van der Waals surface area contributed by atoms with Crippen molar-refractivity contribution >= 4 is 16.0 Å². The molecule has 0 unspecified atom stereocenters. The van der Waals surface area contributed by atoms with E-state index < -0.39 is 10.0 Å². The number of hydrazine groups is 1. The number of hydrogen-bond acceptors (Lipinski definition) is 6. The van der Waals surface area contributed by atoms with Crippen molar-refractivity contribution in [1.82, 2.24) is 14.7 Å². The number of nitrogens with zero attached hydrogens (tertiary/aromatic N) is 2. The van der Waals surface area contributed by atoms with Crippen LogP contribution in [0.1, 0.15) is 32.6 Å². The highest BCUT2D eigenvalue weighted by Crippen LogP contribution is 2.35. The Kier molecular flexibility index (Phi) is 3.51. The van der Waals surface area contributed by atoms with Crippen LogP contribution in [0.3, 0.4) is 0 Å². The zero-order valence-corrected chi connectivity index (χ0v) is 11.0. The van der Waals surface area contributed by atoms with Gasteiger partial charge in [0.2, 0.25) is 16.0 Å². The van der Waals surface area contributed by atoms with Gasteiger partial charge in [0.15, 0.2) is 0 Å². The van der Waals surface area contributed by atoms with Gasteiger partial charge in [0, 0.05) is 5.54 Å². The molecule has 0 bridgehead atoms. The van der Waals surface area contributed by atoms with Gasteiger partial charge < -0.3 is 0 Å². The lowest BCUT2D eigenvalue weighted by atomic mass is 9.76. The molecule has 4 N–H and O–H groups in total. The maximum absolute atomic E-state index is 12.2. The van der Waals surface area contributed by atoms with Crippen molar-refractivity contribution in [2.75, 3.05) is 5.43 Å². The Balaban J connectivity index is 2.19. The topological polar surface area (TPSA) is 110 Å². The molecule has 0 amide bonds. The minimum absolute atomic E-state index is 0.0567. The summed E-state index contributed by atoms with van der Waals surface area (Å²) in [6, 6.07) is 0. The minimum Gasteiger partial charge on any atom is -0.292 e. The van der Waals surface area contributed by atoms with Crippen LogP contribution >= 0.6 is 0 Å². The van der Waals surface area contributed by atoms with Gasteiger partial charge >= 0.3 is 0 Å². The number of rotatable bonds is 5. The summed E-state index contributed by atoms with van der Waals surface area (Å²) in [6.45, 7) is 1.99. The smallest absolute Gasteiger partial charge is 0.244 e. The van der Waals surface area contributed by atoms with E-state index in [1.165, 1.54) is 12.4 Å². The minimum atomic E-state index is -3.56. The highest BCUT2D eigenvalue weighted by atomic mass is 32.2. The quantitative estimate of drug-likeness (QED) is 0.527. The fourth-order valence-electron chi connectivity index (χ4n) is 2.00. The van der Waals surface area contributed by atoms with E-state index in [-0.39, 0.29) is 16.4 Å². The molecule has 8 heteroatoms. The lowest BCUT2D eigenvalue weighted by Gasteiger charge is -2.41. The third-order valence-corrected chi connectivity index (χ3v) is 4.94. The molecule has 0 spiro atoms. The second-order valence-corrected chi connectivity index (χ2v) is 6.16. The van der Waals surface area contributed by atoms with Crippen LogP contribution in [0.2, 0.25) is 0 Å². The van der Waals surface area contributed by atoms with Crippen LogP contribution in [0, 0.1) is 0 Å². The summed E-state index contributed by atoms with van der Waals surface area (Å²) < 4.78 is 27.1. The van der Waals surface area contributed by atoms with Crippen molar-refractivity contribution < 1.29 is 8.42 Å². The highest BCUT2D eigenvalue weighted by Gasteiger charge is 2.39. The highest BCUT2D eigenvalue weighted by molar-refractivity contribution is 7.89. The molecule has 18 heavy (non-hydrogen) atoms. The summed E-state index contributed by atoms with van der Waals surface area (Å²) in [5.41, 5.74) is 1.96. The third kappa shape index (κ3) is 2.45. The largest absolute Gasteiger partial charge is 0.292 e. The maximum Gasteiger partial charge on any atom is 0.244 e. The predicted octanol–water partition coefficient (Wildman–Crippen LogP) is 0.373. The second kappa shape index (κ2) is 4.79. The van der Waals surface area contributed by atoms with Crippen LogP contribution in [0.4, 0.5) is 5.95 Å². The van der Waals surface area contributed by atoms with Gasteiger partial charge in [-0.05, 0) is 25.7 Å². The summed E-state index contributed by atoms with van der Waals surface area (Å²) >= 11 is 0. The Bertz CT molecular complexity index is 504. The molecule has 0 radical (unpaired) electrons. The summed E-state index contributed by atoms with van der Waals surface area (Å²) in [5, 5.41) is 0. The monoisotopic (exact) mass is 271 g/mol. The van der Waals surface area contributed by atoms with Gasteiger partial charge in [0.05, 0.1) is 12.4 Å². The first-order valence-corrected chi connectivity index (χ1v) is 7.32. The number of sulfonamides is 1. The van der Waals surface area contributed by atoms with E-state index in [1.807, 2.05) is 6.92 Å². The Morgan fingerprint density at radius 2 is 2.00 bits per heavy atom. The zero-order valence-electron chi connectivity index (χ0n) is 10.2. The standard InChI is InChI=1S/C10H17N5O2S/c1-2-10(4-3-5-10)15-18(16,17)8-6-12-9(14-11)13-7-8/h6-7,15H,2-5,11H2,1H3,(H,12,13,14). The molecule has 0 aliphatic heterocycles. The molecule has 1 fully saturated rings. The summed E-state index contributed by atoms with van der Waals surface area (Å²) in [6.07, 6.45) is 6.09. The maximum atomic E-state index is 12.2. The van der Waals surface area contributed by atoms with Crippen LogP contribution in [-0.4, -0.2) is 23.9 Å². The van der Waals surface area contributed by atoms with Crippen LogP contribution in [0.25, 0.3) is 0 Å². The first-order valence-electron chi connectivity index (χ1n) is 5.84. The second-order valence-electron chi connectivity index (χ2n) is 4.48. The SMILES string of the molecule is CCC1(NS(=O)(=O)c2cnc(NN)nc2)CCC1. The van der Waals surface area contributed by atoms with Gasteiger partial charge in [-0.3, -0.25) is 5.43 Å². The Morgan fingerprint density at radius 1 is 1.39 bits per heavy atom. The lowest BCUT2D eigenvalue weighted by molar-refractivity contribution is 0.214. The third-order valence-electron chi connectivity index (χ3n) is 3.41. The van der Waals surface area contributed by atoms with Crippen molar-refractivity contribution in [3.8, 4) is 0 Å². The van der Waals surface area contributed by atoms with Crippen molar-refractivity contribution in [3.63, 3.8) is 0 Å². The summed E-state index contributed by atoms with van der Waals surface area (Å²) in [5.74, 6) is 5.31. The Labute approximate surface area is 106 Å². The number of anilines is 1. The molecule has 1 heterocycles. The van der Waals surface area contributed by atoms with Gasteiger partial charge in [-0.1, -0.05) is 6.92 Å². The fraction of sp³-hybridized carbons (Fsp3) is 0.600. The van der Waals surface area contributed by atoms with E-state index in [0.717, 1.165) is 25.7 Å². The van der Waals surface area contributed by atoms with Crippen LogP contribution in [0.5, 0.6) is 0 Å². The number of hydrogen-bond donors (Lipinski definition) is 3. The molecular weight excluding hydrogens is 254 g/mol. The van der Waals surface area contributed by atoms with Gasteiger partial charge in [-0.15, -0.1) is 0 Å². The molecule has 2 rings (SSSR count). The van der Waals surface area contributed by atoms with Gasteiger partial charge in [-0.25, -0.2) is 29.0 Å². The van der Waals surface area contributed by atoms with E-state index in [1.54, 1.807) is 0 Å². The molecule has 1 aliphatic rings. The van der Waals surface area contributed by atoms with Crippen LogP contribution in [-0.2, 0) is 10.0 Å². The normalized spacial score (nSPS) is 18.1. The first kappa shape index (κ1) is 13.2. The Hall–Kier alpha value is -1.25. The number of aromatic nitrogens is 2. The molecule has 7 nitrogen and oxygen atoms in total. The van der Waals surface area contributed by atoms with Gasteiger partial charge in [-0.2, -0.15) is 0 Å². The van der Waals surface area contributed by atoms with E-state index in [0.29, 0.717) is 0 Å². The van der Waals surface area contributed by atoms with E-state index in [2.05, 4.69) is 20.1 Å². The summed E-state index contributed by atoms with van der Waals surface area (Å²) in [7, 11) is -3.56. The summed E-state index contributed by atoms with van der Waals surface area (Å²) in [4.78, 5) is 7.65. The van der Waals surface area contributed by atoms with E-state index in [4.69, 9.17) is 5.84 Å². The van der Waals surface area contributed by atoms with Crippen molar-refractivity contribution in [2.24, 2.45) is 5.84 Å². The predicted molar refractivity (Wildman–Crippen MR) is 67.0 cm³/mol. The lowest BCUT2D eigenvalue weighted by Crippen LogP contribution is -2.52. The van der Waals surface area contributed by atoms with E-state index in [9.17, 15) is 8.42 Å². The number of nitrogen functional groups attached to an aromatic ring is 1. The average molecular weight is 271 g/mol. The first-order chi connectivity index (χ1) is 8.51. The molecule has 1 aliphatic carbocycles. The number of nitrogens with one attached hydrogen (secondary N) is 2.